The van der Waals surface area contributed by atoms with Gasteiger partial charge in [-0.3, -0.25) is 5.10 Å². The normalized spacial score (nSPS) is 10.2. The molecule has 0 aliphatic heterocycles. The first-order valence-corrected chi connectivity index (χ1v) is 3.92. The molecule has 0 aliphatic rings. The highest BCUT2D eigenvalue weighted by Gasteiger charge is 2.03. The number of nitrogens with zero attached hydrogens (tertiary/aromatic N) is 1. The van der Waals surface area contributed by atoms with Crippen molar-refractivity contribution in [3.05, 3.63) is 30.5 Å². The number of hydrogen-bond acceptors (Lipinski definition) is 3. The third-order valence-electron chi connectivity index (χ3n) is 1.84. The van der Waals surface area contributed by atoms with E-state index in [0.29, 0.717) is 11.4 Å². The van der Waals surface area contributed by atoms with Crippen molar-refractivity contribution in [2.24, 2.45) is 0 Å². The lowest BCUT2D eigenvalue weighted by molar-refractivity contribution is 1.10. The van der Waals surface area contributed by atoms with Gasteiger partial charge in [0.1, 0.15) is 0 Å². The fourth-order valence-corrected chi connectivity index (χ4v) is 1.22. The Morgan fingerprint density at radius 2 is 2.08 bits per heavy atom. The molecule has 0 atom stereocenters. The first-order chi connectivity index (χ1) is 6.27. The molecule has 66 valence electrons. The van der Waals surface area contributed by atoms with E-state index in [1.54, 1.807) is 6.20 Å². The number of aromatic amines is 1. The molecule has 0 amide bonds. The molecule has 0 radical (unpaired) electrons. The van der Waals surface area contributed by atoms with Gasteiger partial charge in [-0.25, -0.2) is 0 Å². The lowest BCUT2D eigenvalue weighted by Crippen LogP contribution is -1.88. The molecule has 4 nitrogen and oxygen atoms in total. The summed E-state index contributed by atoms with van der Waals surface area (Å²) in [6.45, 7) is 0. The molecule has 0 saturated heterocycles. The maximum absolute atomic E-state index is 5.69. The average Bonchev–Trinajstić information content (AvgIpc) is 2.51. The van der Waals surface area contributed by atoms with Gasteiger partial charge in [0, 0.05) is 11.3 Å². The van der Waals surface area contributed by atoms with Gasteiger partial charge in [0.2, 0.25) is 0 Å². The molecule has 5 N–H and O–H groups in total. The molecule has 1 aromatic carbocycles. The predicted octanol–water partition coefficient (Wildman–Crippen LogP) is 1.24. The monoisotopic (exact) mass is 174 g/mol. The summed E-state index contributed by atoms with van der Waals surface area (Å²) in [5.41, 5.74) is 14.4. The number of nitrogens with one attached hydrogen (secondary N) is 1. The zero-order chi connectivity index (χ0) is 9.26. The van der Waals surface area contributed by atoms with Crippen LogP contribution in [0.15, 0.2) is 30.5 Å². The van der Waals surface area contributed by atoms with Crippen LogP contribution in [0.1, 0.15) is 0 Å². The molecule has 1 aromatic heterocycles. The molecule has 0 bridgehead atoms. The topological polar surface area (TPSA) is 80.7 Å². The van der Waals surface area contributed by atoms with Crippen molar-refractivity contribution in [1.29, 1.82) is 0 Å². The van der Waals surface area contributed by atoms with Crippen molar-refractivity contribution < 1.29 is 0 Å². The largest absolute Gasteiger partial charge is 0.399 e. The van der Waals surface area contributed by atoms with Gasteiger partial charge in [0.05, 0.1) is 17.6 Å². The van der Waals surface area contributed by atoms with Crippen LogP contribution in [0.25, 0.3) is 11.3 Å². The Balaban J connectivity index is 2.53. The van der Waals surface area contributed by atoms with Gasteiger partial charge in [-0.15, -0.1) is 0 Å². The Bertz CT molecular complexity index is 419. The van der Waals surface area contributed by atoms with Gasteiger partial charge >= 0.3 is 0 Å². The minimum Gasteiger partial charge on any atom is -0.399 e. The fourth-order valence-electron chi connectivity index (χ4n) is 1.22. The van der Waals surface area contributed by atoms with E-state index in [1.807, 2.05) is 24.3 Å². The standard InChI is InChI=1S/C9H10N4/c10-7-3-1-2-6(4-7)9-8(11)5-12-13-9/h1-5H,10-11H2,(H,12,13). The van der Waals surface area contributed by atoms with Gasteiger partial charge in [-0.2, -0.15) is 5.10 Å². The highest BCUT2D eigenvalue weighted by Crippen LogP contribution is 2.23. The van der Waals surface area contributed by atoms with Crippen LogP contribution in [0.4, 0.5) is 11.4 Å². The van der Waals surface area contributed by atoms with E-state index in [2.05, 4.69) is 10.2 Å². The molecule has 4 heteroatoms. The molecular formula is C9H10N4. The minimum absolute atomic E-state index is 0.630. The molecule has 2 rings (SSSR count). The third-order valence-corrected chi connectivity index (χ3v) is 1.84. The summed E-state index contributed by atoms with van der Waals surface area (Å²) in [7, 11) is 0. The molecule has 1 heterocycles. The van der Waals surface area contributed by atoms with Crippen LogP contribution in [-0.2, 0) is 0 Å². The number of nitrogen functional groups attached to an aromatic ring is 2. The van der Waals surface area contributed by atoms with Crippen molar-refractivity contribution in [1.82, 2.24) is 10.2 Å². The van der Waals surface area contributed by atoms with Crippen LogP contribution in [0.5, 0.6) is 0 Å². The van der Waals surface area contributed by atoms with Crippen LogP contribution in [0.3, 0.4) is 0 Å². The summed E-state index contributed by atoms with van der Waals surface area (Å²) in [6, 6.07) is 7.49. The number of nitrogens with two attached hydrogens (primary N) is 2. The molecular weight excluding hydrogens is 164 g/mol. The smallest absolute Gasteiger partial charge is 0.0880 e. The van der Waals surface area contributed by atoms with Gasteiger partial charge < -0.3 is 11.5 Å². The summed E-state index contributed by atoms with van der Waals surface area (Å²) < 4.78 is 0. The lowest BCUT2D eigenvalue weighted by Gasteiger charge is -1.99. The molecule has 0 spiro atoms. The summed E-state index contributed by atoms with van der Waals surface area (Å²) in [4.78, 5) is 0. The van der Waals surface area contributed by atoms with Crippen LogP contribution in [-0.4, -0.2) is 10.2 Å². The van der Waals surface area contributed by atoms with Crippen molar-refractivity contribution in [2.75, 3.05) is 11.5 Å². The van der Waals surface area contributed by atoms with Crippen LogP contribution < -0.4 is 11.5 Å². The van der Waals surface area contributed by atoms with Gasteiger partial charge in [0.15, 0.2) is 0 Å². The number of rotatable bonds is 1. The number of benzene rings is 1. The highest BCUT2D eigenvalue weighted by molar-refractivity contribution is 5.73. The third kappa shape index (κ3) is 1.33. The van der Waals surface area contributed by atoms with E-state index >= 15 is 0 Å². The average molecular weight is 174 g/mol. The molecule has 2 aromatic rings. The van der Waals surface area contributed by atoms with Crippen molar-refractivity contribution in [3.63, 3.8) is 0 Å². The Hall–Kier alpha value is -1.97. The zero-order valence-corrected chi connectivity index (χ0v) is 6.99. The molecule has 0 fully saturated rings. The van der Waals surface area contributed by atoms with Crippen molar-refractivity contribution in [3.8, 4) is 11.3 Å². The minimum atomic E-state index is 0.630. The Labute approximate surface area is 75.6 Å². The van der Waals surface area contributed by atoms with E-state index in [1.165, 1.54) is 0 Å². The van der Waals surface area contributed by atoms with Gasteiger partial charge in [0.25, 0.3) is 0 Å². The SMILES string of the molecule is Nc1cccc(-c2[nH]ncc2N)c1. The van der Waals surface area contributed by atoms with Crippen molar-refractivity contribution in [2.45, 2.75) is 0 Å². The second-order valence-corrected chi connectivity index (χ2v) is 2.83. The van der Waals surface area contributed by atoms with Crippen LogP contribution >= 0.6 is 0 Å². The highest BCUT2D eigenvalue weighted by atomic mass is 15.1. The second-order valence-electron chi connectivity index (χ2n) is 2.83. The van der Waals surface area contributed by atoms with E-state index in [9.17, 15) is 0 Å². The lowest BCUT2D eigenvalue weighted by atomic mass is 10.1. The first kappa shape index (κ1) is 7.67. The summed E-state index contributed by atoms with van der Waals surface area (Å²) in [5, 5.41) is 6.66. The summed E-state index contributed by atoms with van der Waals surface area (Å²) >= 11 is 0. The quantitative estimate of drug-likeness (QED) is 0.569. The number of anilines is 2. The maximum atomic E-state index is 5.69. The van der Waals surface area contributed by atoms with Gasteiger partial charge in [-0.05, 0) is 12.1 Å². The first-order valence-electron chi connectivity index (χ1n) is 3.92. The van der Waals surface area contributed by atoms with E-state index < -0.39 is 0 Å². The number of H-pyrrole nitrogens is 1. The molecule has 0 unspecified atom stereocenters. The summed E-state index contributed by atoms with van der Waals surface area (Å²) in [6.07, 6.45) is 1.58. The molecule has 0 aliphatic carbocycles. The number of aromatic nitrogens is 2. The number of hydrogen-bond donors (Lipinski definition) is 3. The molecule has 0 saturated carbocycles. The maximum Gasteiger partial charge on any atom is 0.0880 e. The zero-order valence-electron chi connectivity index (χ0n) is 6.99. The van der Waals surface area contributed by atoms with Crippen molar-refractivity contribution >= 4 is 11.4 Å². The van der Waals surface area contributed by atoms with E-state index in [0.717, 1.165) is 11.3 Å². The van der Waals surface area contributed by atoms with Crippen LogP contribution in [0, 0.1) is 0 Å². The van der Waals surface area contributed by atoms with E-state index in [4.69, 9.17) is 11.5 Å². The van der Waals surface area contributed by atoms with Gasteiger partial charge in [-0.1, -0.05) is 12.1 Å². The second kappa shape index (κ2) is 2.82. The fraction of sp³-hybridized carbons (Fsp3) is 0. The molecule has 13 heavy (non-hydrogen) atoms. The predicted molar refractivity (Wildman–Crippen MR) is 52.8 cm³/mol. The Morgan fingerprint density at radius 1 is 1.23 bits per heavy atom. The Morgan fingerprint density at radius 3 is 2.69 bits per heavy atom. The van der Waals surface area contributed by atoms with Crippen LogP contribution in [0.2, 0.25) is 0 Å². The Kier molecular flexibility index (Phi) is 1.66. The van der Waals surface area contributed by atoms with E-state index in [-0.39, 0.29) is 0 Å². The summed E-state index contributed by atoms with van der Waals surface area (Å²) in [5.74, 6) is 0.